The van der Waals surface area contributed by atoms with E-state index in [9.17, 15) is 14.4 Å². The number of H-pyrrole nitrogens is 1. The summed E-state index contributed by atoms with van der Waals surface area (Å²) in [6.07, 6.45) is -1.47. The van der Waals surface area contributed by atoms with Gasteiger partial charge in [-0.2, -0.15) is 0 Å². The molecule has 6 nitrogen and oxygen atoms in total. The molecule has 0 spiro atoms. The summed E-state index contributed by atoms with van der Waals surface area (Å²) >= 11 is 0. The second kappa shape index (κ2) is 3.09. The number of para-hydroxylation sites is 2. The average Bonchev–Trinajstić information content (AvgIpc) is 2.19. The highest BCUT2D eigenvalue weighted by molar-refractivity contribution is 5.84. The van der Waals surface area contributed by atoms with Crippen LogP contribution < -0.4 is 11.1 Å². The zero-order valence-electron chi connectivity index (χ0n) is 7.43. The Bertz CT molecular complexity index is 653. The molecule has 0 amide bonds. The lowest BCUT2D eigenvalue weighted by Crippen LogP contribution is -2.39. The average molecular weight is 206 g/mol. The third-order valence-corrected chi connectivity index (χ3v) is 1.98. The first-order valence-electron chi connectivity index (χ1n) is 4.08. The van der Waals surface area contributed by atoms with Crippen molar-refractivity contribution in [3.05, 3.63) is 45.0 Å². The Hall–Kier alpha value is -2.37. The third-order valence-electron chi connectivity index (χ3n) is 1.98. The monoisotopic (exact) mass is 206 g/mol. The molecule has 2 N–H and O–H groups in total. The molecule has 15 heavy (non-hydrogen) atoms. The van der Waals surface area contributed by atoms with Crippen LogP contribution in [0.25, 0.3) is 11.0 Å². The van der Waals surface area contributed by atoms with Crippen LogP contribution in [0, 0.1) is 0 Å². The Balaban J connectivity index is 3.09. The highest BCUT2D eigenvalue weighted by Gasteiger charge is 2.11. The molecule has 0 aliphatic rings. The summed E-state index contributed by atoms with van der Waals surface area (Å²) in [5, 5.41) is 8.80. The Morgan fingerprint density at radius 3 is 2.60 bits per heavy atom. The standard InChI is InChI=1S/C9H6N2O4/c12-7-8(13)11(9(14)15)6-4-2-1-3-5(6)10-7/h1-4H,(H,10,12)(H,14,15). The summed E-state index contributed by atoms with van der Waals surface area (Å²) in [4.78, 5) is 35.5. The number of hydrogen-bond acceptors (Lipinski definition) is 3. The number of benzene rings is 1. The van der Waals surface area contributed by atoms with E-state index in [1.165, 1.54) is 12.1 Å². The number of fused-ring (bicyclic) bond motifs is 1. The Kier molecular flexibility index (Phi) is 1.89. The summed E-state index contributed by atoms with van der Waals surface area (Å²) < 4.78 is 0.425. The predicted octanol–water partition coefficient (Wildman–Crippen LogP) is 0.216. The van der Waals surface area contributed by atoms with E-state index in [0.717, 1.165) is 0 Å². The van der Waals surface area contributed by atoms with Gasteiger partial charge in [-0.1, -0.05) is 12.1 Å². The summed E-state index contributed by atoms with van der Waals surface area (Å²) in [6.45, 7) is 0. The van der Waals surface area contributed by atoms with E-state index in [1.54, 1.807) is 12.1 Å². The molecule has 0 unspecified atom stereocenters. The second-order valence-corrected chi connectivity index (χ2v) is 2.89. The van der Waals surface area contributed by atoms with Crippen LogP contribution in [0.2, 0.25) is 0 Å². The first kappa shape index (κ1) is 9.20. The maximum Gasteiger partial charge on any atom is 0.419 e. The highest BCUT2D eigenvalue weighted by Crippen LogP contribution is 2.06. The topological polar surface area (TPSA) is 92.2 Å². The highest BCUT2D eigenvalue weighted by atomic mass is 16.4. The quantitative estimate of drug-likeness (QED) is 0.603. The number of nitrogens with zero attached hydrogens (tertiary/aromatic N) is 1. The molecular formula is C9H6N2O4. The van der Waals surface area contributed by atoms with E-state index < -0.39 is 17.2 Å². The van der Waals surface area contributed by atoms with E-state index in [2.05, 4.69) is 4.98 Å². The van der Waals surface area contributed by atoms with Crippen molar-refractivity contribution >= 4 is 17.1 Å². The Morgan fingerprint density at radius 1 is 1.27 bits per heavy atom. The van der Waals surface area contributed by atoms with Crippen molar-refractivity contribution in [3.63, 3.8) is 0 Å². The van der Waals surface area contributed by atoms with E-state index in [4.69, 9.17) is 5.11 Å². The van der Waals surface area contributed by atoms with Gasteiger partial charge in [0, 0.05) is 0 Å². The predicted molar refractivity (Wildman–Crippen MR) is 52.3 cm³/mol. The number of carbonyl (C=O) groups is 1. The number of hydrogen-bond donors (Lipinski definition) is 2. The van der Waals surface area contributed by atoms with Crippen molar-refractivity contribution in [3.8, 4) is 0 Å². The first-order chi connectivity index (χ1) is 7.11. The Morgan fingerprint density at radius 2 is 1.93 bits per heavy atom. The van der Waals surface area contributed by atoms with E-state index >= 15 is 0 Å². The lowest BCUT2D eigenvalue weighted by molar-refractivity contribution is 0.196. The van der Waals surface area contributed by atoms with Gasteiger partial charge in [0.15, 0.2) is 0 Å². The van der Waals surface area contributed by atoms with Gasteiger partial charge in [0.25, 0.3) is 0 Å². The van der Waals surface area contributed by atoms with Gasteiger partial charge in [0.05, 0.1) is 11.0 Å². The van der Waals surface area contributed by atoms with Crippen LogP contribution in [0.3, 0.4) is 0 Å². The SMILES string of the molecule is O=C(O)n1c(=O)c(=O)[nH]c2ccccc21. The van der Waals surface area contributed by atoms with Crippen LogP contribution in [-0.2, 0) is 0 Å². The fraction of sp³-hybridized carbons (Fsp3) is 0. The van der Waals surface area contributed by atoms with Crippen LogP contribution >= 0.6 is 0 Å². The molecule has 0 aliphatic carbocycles. The molecule has 0 bridgehead atoms. The largest absolute Gasteiger partial charge is 0.464 e. The maximum absolute atomic E-state index is 11.3. The molecule has 1 aromatic heterocycles. The van der Waals surface area contributed by atoms with Gasteiger partial charge in [-0.05, 0) is 12.1 Å². The van der Waals surface area contributed by atoms with Crippen molar-refractivity contribution < 1.29 is 9.90 Å². The minimum absolute atomic E-state index is 0.162. The van der Waals surface area contributed by atoms with Gasteiger partial charge in [-0.3, -0.25) is 9.59 Å². The molecule has 0 atom stereocenters. The fourth-order valence-electron chi connectivity index (χ4n) is 1.35. The molecule has 6 heteroatoms. The number of aromatic nitrogens is 2. The van der Waals surface area contributed by atoms with Crippen LogP contribution in [0.4, 0.5) is 4.79 Å². The zero-order valence-corrected chi connectivity index (χ0v) is 7.43. The van der Waals surface area contributed by atoms with Crippen LogP contribution in [0.15, 0.2) is 33.9 Å². The number of carboxylic acid groups (broad SMARTS) is 1. The van der Waals surface area contributed by atoms with E-state index in [1.807, 2.05) is 0 Å². The summed E-state index contributed by atoms with van der Waals surface area (Å²) in [5.74, 6) is 0. The molecule has 0 aliphatic heterocycles. The van der Waals surface area contributed by atoms with Gasteiger partial charge >= 0.3 is 17.2 Å². The van der Waals surface area contributed by atoms with Gasteiger partial charge in [0.1, 0.15) is 0 Å². The first-order valence-corrected chi connectivity index (χ1v) is 4.08. The fourth-order valence-corrected chi connectivity index (χ4v) is 1.35. The van der Waals surface area contributed by atoms with Crippen molar-refractivity contribution in [2.45, 2.75) is 0 Å². The van der Waals surface area contributed by atoms with Crippen molar-refractivity contribution in [1.82, 2.24) is 9.55 Å². The molecule has 0 saturated heterocycles. The molecule has 2 aromatic rings. The minimum atomic E-state index is -1.47. The molecule has 2 rings (SSSR count). The molecule has 76 valence electrons. The number of rotatable bonds is 0. The molecular weight excluding hydrogens is 200 g/mol. The van der Waals surface area contributed by atoms with Gasteiger partial charge in [-0.15, -0.1) is 0 Å². The van der Waals surface area contributed by atoms with Crippen LogP contribution in [-0.4, -0.2) is 20.8 Å². The van der Waals surface area contributed by atoms with Gasteiger partial charge in [0.2, 0.25) is 0 Å². The number of aromatic amines is 1. The smallest absolute Gasteiger partial charge is 0.419 e. The molecule has 0 fully saturated rings. The lowest BCUT2D eigenvalue weighted by atomic mass is 10.3. The summed E-state index contributed by atoms with van der Waals surface area (Å²) in [6, 6.07) is 6.19. The lowest BCUT2D eigenvalue weighted by Gasteiger charge is -2.02. The van der Waals surface area contributed by atoms with Crippen LogP contribution in [0.1, 0.15) is 0 Å². The normalized spacial score (nSPS) is 10.4. The van der Waals surface area contributed by atoms with Crippen molar-refractivity contribution in [1.29, 1.82) is 0 Å². The van der Waals surface area contributed by atoms with Crippen molar-refractivity contribution in [2.75, 3.05) is 0 Å². The maximum atomic E-state index is 11.3. The van der Waals surface area contributed by atoms with E-state index in [-0.39, 0.29) is 5.52 Å². The van der Waals surface area contributed by atoms with Gasteiger partial charge < -0.3 is 10.1 Å². The van der Waals surface area contributed by atoms with Crippen molar-refractivity contribution in [2.24, 2.45) is 0 Å². The van der Waals surface area contributed by atoms with Crippen LogP contribution in [0.5, 0.6) is 0 Å². The van der Waals surface area contributed by atoms with E-state index in [0.29, 0.717) is 10.1 Å². The molecule has 0 saturated carbocycles. The molecule has 1 heterocycles. The van der Waals surface area contributed by atoms with Gasteiger partial charge in [-0.25, -0.2) is 9.36 Å². The minimum Gasteiger partial charge on any atom is -0.464 e. The summed E-state index contributed by atoms with van der Waals surface area (Å²) in [7, 11) is 0. The number of nitrogens with one attached hydrogen (secondary N) is 1. The molecule has 0 radical (unpaired) electrons. The molecule has 1 aromatic carbocycles. The zero-order chi connectivity index (χ0) is 11.0. The second-order valence-electron chi connectivity index (χ2n) is 2.89. The third kappa shape index (κ3) is 1.32. The summed E-state index contributed by atoms with van der Waals surface area (Å²) in [5.41, 5.74) is -1.57. The Labute approximate surface area is 82.4 Å².